The first kappa shape index (κ1) is 23.2. The molecule has 0 saturated carbocycles. The smallest absolute Gasteiger partial charge is 0.255 e. The molecule has 3 rings (SSSR count). The van der Waals surface area contributed by atoms with E-state index in [4.69, 9.17) is 9.47 Å². The maximum absolute atomic E-state index is 12.6. The highest BCUT2D eigenvalue weighted by Crippen LogP contribution is 2.28. The molecule has 0 spiro atoms. The summed E-state index contributed by atoms with van der Waals surface area (Å²) < 4.78 is 10.5. The Bertz CT molecular complexity index is 1130. The van der Waals surface area contributed by atoms with Gasteiger partial charge in [-0.15, -0.1) is 11.8 Å². The zero-order valence-electron chi connectivity index (χ0n) is 18.5. The Hall–Kier alpha value is -3.45. The predicted octanol–water partition coefficient (Wildman–Crippen LogP) is 5.30. The van der Waals surface area contributed by atoms with Crippen molar-refractivity contribution in [3.05, 3.63) is 77.4 Å². The van der Waals surface area contributed by atoms with Crippen LogP contribution in [0.4, 0.5) is 11.4 Å². The number of aryl methyl sites for hydroxylation is 2. The number of hydrogen-bond acceptors (Lipinski definition) is 5. The summed E-state index contributed by atoms with van der Waals surface area (Å²) in [7, 11) is 3.07. The van der Waals surface area contributed by atoms with Gasteiger partial charge in [-0.3, -0.25) is 9.59 Å². The summed E-state index contributed by atoms with van der Waals surface area (Å²) in [5, 5.41) is 5.79. The third-order valence-electron chi connectivity index (χ3n) is 4.90. The summed E-state index contributed by atoms with van der Waals surface area (Å²) >= 11 is 1.40. The molecule has 0 aliphatic rings. The fourth-order valence-electron chi connectivity index (χ4n) is 3.01. The zero-order valence-corrected chi connectivity index (χ0v) is 19.3. The highest BCUT2D eigenvalue weighted by Gasteiger charge is 2.12. The number of anilines is 2. The summed E-state index contributed by atoms with van der Waals surface area (Å²) in [6.45, 7) is 4.05. The lowest BCUT2D eigenvalue weighted by Crippen LogP contribution is -2.14. The first-order valence-corrected chi connectivity index (χ1v) is 11.0. The Morgan fingerprint density at radius 2 is 1.56 bits per heavy atom. The lowest BCUT2D eigenvalue weighted by molar-refractivity contribution is -0.113. The van der Waals surface area contributed by atoms with E-state index in [2.05, 4.69) is 10.6 Å². The molecule has 0 saturated heterocycles. The van der Waals surface area contributed by atoms with E-state index in [0.717, 1.165) is 16.1 Å². The topological polar surface area (TPSA) is 76.7 Å². The van der Waals surface area contributed by atoms with Crippen LogP contribution in [0.3, 0.4) is 0 Å². The third kappa shape index (κ3) is 6.04. The maximum Gasteiger partial charge on any atom is 0.255 e. The molecule has 7 heteroatoms. The molecule has 32 heavy (non-hydrogen) atoms. The van der Waals surface area contributed by atoms with Crippen LogP contribution in [0.5, 0.6) is 11.5 Å². The molecule has 3 aromatic rings. The van der Waals surface area contributed by atoms with Crippen molar-refractivity contribution >= 4 is 35.0 Å². The molecule has 0 atom stereocenters. The van der Waals surface area contributed by atoms with Crippen molar-refractivity contribution in [1.29, 1.82) is 0 Å². The standard InChI is InChI=1S/C25H26N2O4S/c1-16-8-10-20(12-17(16)2)26-24(28)15-32-21-7-5-6-19(14-21)27-25(29)18-9-11-22(30-3)23(13-18)31-4/h5-14H,15H2,1-4H3,(H,26,28)(H,27,29). The second kappa shape index (κ2) is 10.7. The lowest BCUT2D eigenvalue weighted by Gasteiger charge is -2.11. The van der Waals surface area contributed by atoms with E-state index in [9.17, 15) is 9.59 Å². The Balaban J connectivity index is 1.59. The monoisotopic (exact) mass is 450 g/mol. The number of rotatable bonds is 8. The summed E-state index contributed by atoms with van der Waals surface area (Å²) in [5.41, 5.74) is 4.20. The number of carbonyl (C=O) groups excluding carboxylic acids is 2. The Labute approximate surface area is 192 Å². The van der Waals surface area contributed by atoms with Crippen LogP contribution in [0.25, 0.3) is 0 Å². The van der Waals surface area contributed by atoms with Gasteiger partial charge in [-0.1, -0.05) is 12.1 Å². The number of carbonyl (C=O) groups is 2. The van der Waals surface area contributed by atoms with Crippen molar-refractivity contribution in [2.24, 2.45) is 0 Å². The molecule has 6 nitrogen and oxygen atoms in total. The van der Waals surface area contributed by atoms with Gasteiger partial charge in [0.15, 0.2) is 11.5 Å². The van der Waals surface area contributed by atoms with Crippen LogP contribution in [0.1, 0.15) is 21.5 Å². The van der Waals surface area contributed by atoms with Gasteiger partial charge in [0.1, 0.15) is 0 Å². The van der Waals surface area contributed by atoms with E-state index in [1.54, 1.807) is 31.4 Å². The number of ether oxygens (including phenoxy) is 2. The van der Waals surface area contributed by atoms with Crippen LogP contribution in [0, 0.1) is 13.8 Å². The van der Waals surface area contributed by atoms with E-state index in [1.807, 2.05) is 50.2 Å². The van der Waals surface area contributed by atoms with Gasteiger partial charge in [-0.2, -0.15) is 0 Å². The third-order valence-corrected chi connectivity index (χ3v) is 5.89. The van der Waals surface area contributed by atoms with Crippen LogP contribution < -0.4 is 20.1 Å². The minimum atomic E-state index is -0.263. The average molecular weight is 451 g/mol. The van der Waals surface area contributed by atoms with Crippen molar-refractivity contribution in [1.82, 2.24) is 0 Å². The number of methoxy groups -OCH3 is 2. The molecule has 0 aromatic heterocycles. The first-order valence-electron chi connectivity index (χ1n) is 10.0. The van der Waals surface area contributed by atoms with E-state index in [1.165, 1.54) is 24.4 Å². The molecule has 2 N–H and O–H groups in total. The van der Waals surface area contributed by atoms with Crippen LogP contribution in [0.2, 0.25) is 0 Å². The second-order valence-electron chi connectivity index (χ2n) is 7.19. The van der Waals surface area contributed by atoms with Crippen molar-refractivity contribution in [3.63, 3.8) is 0 Å². The molecule has 0 aliphatic heterocycles. The second-order valence-corrected chi connectivity index (χ2v) is 8.24. The number of nitrogens with one attached hydrogen (secondary N) is 2. The predicted molar refractivity (Wildman–Crippen MR) is 129 cm³/mol. The molecule has 0 bridgehead atoms. The molecule has 3 aromatic carbocycles. The minimum Gasteiger partial charge on any atom is -0.493 e. The highest BCUT2D eigenvalue weighted by atomic mass is 32.2. The van der Waals surface area contributed by atoms with Gasteiger partial charge in [0, 0.05) is 21.8 Å². The van der Waals surface area contributed by atoms with Crippen molar-refractivity contribution < 1.29 is 19.1 Å². The minimum absolute atomic E-state index is 0.0852. The molecule has 166 valence electrons. The van der Waals surface area contributed by atoms with Gasteiger partial charge < -0.3 is 20.1 Å². The SMILES string of the molecule is COc1ccc(C(=O)Nc2cccc(SCC(=O)Nc3ccc(C)c(C)c3)c2)cc1OC. The number of benzene rings is 3. The summed E-state index contributed by atoms with van der Waals surface area (Å²) in [6.07, 6.45) is 0. The van der Waals surface area contributed by atoms with Gasteiger partial charge in [0.05, 0.1) is 20.0 Å². The van der Waals surface area contributed by atoms with Gasteiger partial charge >= 0.3 is 0 Å². The van der Waals surface area contributed by atoms with E-state index >= 15 is 0 Å². The van der Waals surface area contributed by atoms with E-state index in [0.29, 0.717) is 22.7 Å². The van der Waals surface area contributed by atoms with Crippen LogP contribution in [-0.4, -0.2) is 31.8 Å². The highest BCUT2D eigenvalue weighted by molar-refractivity contribution is 8.00. The van der Waals surface area contributed by atoms with Crippen LogP contribution in [-0.2, 0) is 4.79 Å². The average Bonchev–Trinajstić information content (AvgIpc) is 2.80. The Morgan fingerprint density at radius 3 is 2.28 bits per heavy atom. The van der Waals surface area contributed by atoms with Gasteiger partial charge in [0.2, 0.25) is 5.91 Å². The van der Waals surface area contributed by atoms with E-state index in [-0.39, 0.29) is 17.6 Å². The normalized spacial score (nSPS) is 10.4. The molecule has 0 heterocycles. The molecular weight excluding hydrogens is 424 g/mol. The van der Waals surface area contributed by atoms with Gasteiger partial charge in [-0.05, 0) is 73.5 Å². The van der Waals surface area contributed by atoms with Gasteiger partial charge in [0.25, 0.3) is 5.91 Å². The summed E-state index contributed by atoms with van der Waals surface area (Å²) in [5.74, 6) is 0.958. The fourth-order valence-corrected chi connectivity index (χ4v) is 3.76. The molecule has 0 radical (unpaired) electrons. The molecular formula is C25H26N2O4S. The molecule has 2 amide bonds. The lowest BCUT2D eigenvalue weighted by atomic mass is 10.1. The van der Waals surface area contributed by atoms with Crippen molar-refractivity contribution in [2.45, 2.75) is 18.7 Å². The Morgan fingerprint density at radius 1 is 0.812 bits per heavy atom. The summed E-state index contributed by atoms with van der Waals surface area (Å²) in [6, 6.07) is 18.2. The molecule has 0 unspecified atom stereocenters. The van der Waals surface area contributed by atoms with Crippen LogP contribution >= 0.6 is 11.8 Å². The largest absolute Gasteiger partial charge is 0.493 e. The number of hydrogen-bond donors (Lipinski definition) is 2. The van der Waals surface area contributed by atoms with Crippen LogP contribution in [0.15, 0.2) is 65.6 Å². The quantitative estimate of drug-likeness (QED) is 0.455. The summed E-state index contributed by atoms with van der Waals surface area (Å²) in [4.78, 5) is 25.8. The zero-order chi connectivity index (χ0) is 23.1. The Kier molecular flexibility index (Phi) is 7.78. The number of thioether (sulfide) groups is 1. The van der Waals surface area contributed by atoms with Crippen molar-refractivity contribution in [2.75, 3.05) is 30.6 Å². The molecule has 0 fully saturated rings. The van der Waals surface area contributed by atoms with E-state index < -0.39 is 0 Å². The maximum atomic E-state index is 12.6. The fraction of sp³-hybridized carbons (Fsp3) is 0.200. The molecule has 0 aliphatic carbocycles. The van der Waals surface area contributed by atoms with Crippen molar-refractivity contribution in [3.8, 4) is 11.5 Å². The number of amides is 2. The van der Waals surface area contributed by atoms with Gasteiger partial charge in [-0.25, -0.2) is 0 Å². The first-order chi connectivity index (χ1) is 15.4.